The van der Waals surface area contributed by atoms with Gasteiger partial charge in [0.2, 0.25) is 5.91 Å². The molecule has 1 amide bonds. The molecular weight excluding hydrogens is 230 g/mol. The van der Waals surface area contributed by atoms with E-state index in [0.29, 0.717) is 12.0 Å². The quantitative estimate of drug-likeness (QED) is 0.714. The summed E-state index contributed by atoms with van der Waals surface area (Å²) in [6, 6.07) is 0.343. The van der Waals surface area contributed by atoms with Gasteiger partial charge >= 0.3 is 0 Å². The number of piperidine rings is 3. The van der Waals surface area contributed by atoms with Gasteiger partial charge in [0.1, 0.15) is 6.61 Å². The van der Waals surface area contributed by atoms with E-state index in [9.17, 15) is 4.79 Å². The lowest BCUT2D eigenvalue weighted by Crippen LogP contribution is -2.61. The zero-order chi connectivity index (χ0) is 12.6. The van der Waals surface area contributed by atoms with E-state index in [1.54, 1.807) is 0 Å². The van der Waals surface area contributed by atoms with E-state index in [4.69, 9.17) is 4.74 Å². The van der Waals surface area contributed by atoms with Crippen LogP contribution >= 0.6 is 0 Å². The highest BCUT2D eigenvalue weighted by atomic mass is 16.5. The van der Waals surface area contributed by atoms with Gasteiger partial charge in [-0.05, 0) is 38.8 Å². The summed E-state index contributed by atoms with van der Waals surface area (Å²) in [5, 5.41) is 6.31. The molecule has 2 bridgehead atoms. The lowest BCUT2D eigenvalue weighted by atomic mass is 9.84. The van der Waals surface area contributed by atoms with Crippen molar-refractivity contribution in [1.29, 1.82) is 0 Å². The number of rotatable bonds is 4. The van der Waals surface area contributed by atoms with Crippen LogP contribution in [-0.4, -0.2) is 61.8 Å². The predicted molar refractivity (Wildman–Crippen MR) is 68.3 cm³/mol. The van der Waals surface area contributed by atoms with Gasteiger partial charge in [0.25, 0.3) is 0 Å². The summed E-state index contributed by atoms with van der Waals surface area (Å²) in [4.78, 5) is 14.3. The van der Waals surface area contributed by atoms with Crippen LogP contribution in [0, 0.1) is 5.92 Å². The summed E-state index contributed by atoms with van der Waals surface area (Å²) in [5.41, 5.74) is -0.133. The number of carbonyl (C=O) groups is 1. The SMILES string of the molecule is CC1(OCC(=O)NC2CN3CCC2CC3)CNC1. The predicted octanol–water partition coefficient (Wildman–Crippen LogP) is -0.425. The Morgan fingerprint density at radius 2 is 2.17 bits per heavy atom. The van der Waals surface area contributed by atoms with Crippen molar-refractivity contribution >= 4 is 5.91 Å². The molecule has 102 valence electrons. The molecule has 1 unspecified atom stereocenters. The van der Waals surface area contributed by atoms with Gasteiger partial charge in [0.05, 0.1) is 5.60 Å². The Morgan fingerprint density at radius 3 is 2.67 bits per heavy atom. The van der Waals surface area contributed by atoms with E-state index in [1.807, 2.05) is 6.92 Å². The van der Waals surface area contributed by atoms with Gasteiger partial charge in [0.15, 0.2) is 0 Å². The zero-order valence-electron chi connectivity index (χ0n) is 11.1. The van der Waals surface area contributed by atoms with Gasteiger partial charge in [-0.25, -0.2) is 0 Å². The lowest BCUT2D eigenvalue weighted by molar-refractivity contribution is -0.137. The Kier molecular flexibility index (Phi) is 3.30. The molecule has 2 N–H and O–H groups in total. The molecular formula is C13H23N3O2. The number of ether oxygens (including phenoxy) is 1. The Labute approximate surface area is 108 Å². The molecule has 0 aromatic heterocycles. The first-order valence-electron chi connectivity index (χ1n) is 7.01. The van der Waals surface area contributed by atoms with Crippen LogP contribution in [0.1, 0.15) is 19.8 Å². The number of carbonyl (C=O) groups excluding carboxylic acids is 1. The van der Waals surface area contributed by atoms with Crippen LogP contribution in [0.25, 0.3) is 0 Å². The third kappa shape index (κ3) is 2.53. The Hall–Kier alpha value is -0.650. The molecule has 18 heavy (non-hydrogen) atoms. The van der Waals surface area contributed by atoms with Gasteiger partial charge in [0, 0.05) is 25.7 Å². The van der Waals surface area contributed by atoms with Crippen molar-refractivity contribution in [2.24, 2.45) is 5.92 Å². The van der Waals surface area contributed by atoms with Crippen molar-refractivity contribution in [3.8, 4) is 0 Å². The summed E-state index contributed by atoms with van der Waals surface area (Å²) in [6.07, 6.45) is 2.46. The van der Waals surface area contributed by atoms with E-state index in [0.717, 1.165) is 19.6 Å². The normalized spacial score (nSPS) is 37.1. The standard InChI is InChI=1S/C13H23N3O2/c1-13(8-14-9-13)18-7-12(17)15-11-6-16-4-2-10(11)3-5-16/h10-11,14H,2-9H2,1H3,(H,15,17). The zero-order valence-corrected chi connectivity index (χ0v) is 11.1. The molecule has 4 rings (SSSR count). The Balaban J connectivity index is 1.43. The number of hydrogen-bond acceptors (Lipinski definition) is 4. The summed E-state index contributed by atoms with van der Waals surface area (Å²) >= 11 is 0. The van der Waals surface area contributed by atoms with E-state index in [-0.39, 0.29) is 18.1 Å². The fourth-order valence-electron chi connectivity index (χ4n) is 3.20. The number of nitrogens with zero attached hydrogens (tertiary/aromatic N) is 1. The molecule has 0 saturated carbocycles. The third-order valence-corrected chi connectivity index (χ3v) is 4.55. The van der Waals surface area contributed by atoms with Crippen LogP contribution in [0.2, 0.25) is 0 Å². The Bertz CT molecular complexity index is 322. The van der Waals surface area contributed by atoms with Gasteiger partial charge in [-0.15, -0.1) is 0 Å². The van der Waals surface area contributed by atoms with Crippen LogP contribution in [-0.2, 0) is 9.53 Å². The van der Waals surface area contributed by atoms with Crippen molar-refractivity contribution < 1.29 is 9.53 Å². The summed E-state index contributed by atoms with van der Waals surface area (Å²) < 4.78 is 5.66. The lowest BCUT2D eigenvalue weighted by Gasteiger charge is -2.45. The number of fused-ring (bicyclic) bond motifs is 3. The van der Waals surface area contributed by atoms with E-state index < -0.39 is 0 Å². The molecule has 5 nitrogen and oxygen atoms in total. The van der Waals surface area contributed by atoms with Crippen molar-refractivity contribution in [3.63, 3.8) is 0 Å². The topological polar surface area (TPSA) is 53.6 Å². The third-order valence-electron chi connectivity index (χ3n) is 4.55. The van der Waals surface area contributed by atoms with E-state index in [2.05, 4.69) is 15.5 Å². The van der Waals surface area contributed by atoms with Crippen LogP contribution in [0.15, 0.2) is 0 Å². The minimum atomic E-state index is -0.133. The largest absolute Gasteiger partial charge is 0.363 e. The van der Waals surface area contributed by atoms with Gasteiger partial charge in [-0.3, -0.25) is 4.79 Å². The smallest absolute Gasteiger partial charge is 0.246 e. The van der Waals surface area contributed by atoms with Crippen molar-refractivity contribution in [3.05, 3.63) is 0 Å². The molecule has 1 atom stereocenters. The van der Waals surface area contributed by atoms with Gasteiger partial charge in [-0.1, -0.05) is 0 Å². The summed E-state index contributed by atoms with van der Waals surface area (Å²) in [6.45, 7) is 7.37. The maximum absolute atomic E-state index is 11.9. The van der Waals surface area contributed by atoms with E-state index >= 15 is 0 Å². The fraction of sp³-hybridized carbons (Fsp3) is 0.923. The molecule has 4 fully saturated rings. The highest BCUT2D eigenvalue weighted by molar-refractivity contribution is 5.77. The molecule has 0 radical (unpaired) electrons. The van der Waals surface area contributed by atoms with Crippen molar-refractivity contribution in [2.45, 2.75) is 31.4 Å². The molecule has 0 spiro atoms. The molecule has 0 aromatic rings. The monoisotopic (exact) mass is 253 g/mol. The summed E-state index contributed by atoms with van der Waals surface area (Å²) in [5.74, 6) is 0.724. The average Bonchev–Trinajstić information content (AvgIpc) is 2.35. The van der Waals surface area contributed by atoms with Gasteiger partial charge in [-0.2, -0.15) is 0 Å². The number of hydrogen-bond donors (Lipinski definition) is 2. The molecule has 0 aromatic carbocycles. The van der Waals surface area contributed by atoms with Crippen LogP contribution < -0.4 is 10.6 Å². The second kappa shape index (κ2) is 4.79. The summed E-state index contributed by atoms with van der Waals surface area (Å²) in [7, 11) is 0. The highest BCUT2D eigenvalue weighted by Gasteiger charge is 2.36. The van der Waals surface area contributed by atoms with E-state index in [1.165, 1.54) is 25.9 Å². The molecule has 5 heteroatoms. The first-order valence-corrected chi connectivity index (χ1v) is 7.01. The number of nitrogens with one attached hydrogen (secondary N) is 2. The maximum atomic E-state index is 11.9. The van der Waals surface area contributed by atoms with Crippen LogP contribution in [0.5, 0.6) is 0 Å². The second-order valence-corrected chi connectivity index (χ2v) is 6.15. The number of amides is 1. The molecule has 4 heterocycles. The Morgan fingerprint density at radius 1 is 1.44 bits per heavy atom. The second-order valence-electron chi connectivity index (χ2n) is 6.15. The fourth-order valence-corrected chi connectivity index (χ4v) is 3.20. The van der Waals surface area contributed by atoms with Crippen LogP contribution in [0.3, 0.4) is 0 Å². The minimum Gasteiger partial charge on any atom is -0.363 e. The van der Waals surface area contributed by atoms with Crippen LogP contribution in [0.4, 0.5) is 0 Å². The van der Waals surface area contributed by atoms with Crippen molar-refractivity contribution in [2.75, 3.05) is 39.3 Å². The maximum Gasteiger partial charge on any atom is 0.246 e. The van der Waals surface area contributed by atoms with Crippen molar-refractivity contribution in [1.82, 2.24) is 15.5 Å². The molecule has 4 saturated heterocycles. The minimum absolute atomic E-state index is 0.0434. The molecule has 0 aliphatic carbocycles. The highest BCUT2D eigenvalue weighted by Crippen LogP contribution is 2.27. The molecule has 4 aliphatic heterocycles. The molecule has 4 aliphatic rings. The first kappa shape index (κ1) is 12.4. The first-order chi connectivity index (χ1) is 8.65. The van der Waals surface area contributed by atoms with Gasteiger partial charge < -0.3 is 20.3 Å². The average molecular weight is 253 g/mol.